The van der Waals surface area contributed by atoms with Gasteiger partial charge in [-0.2, -0.15) is 18.2 Å². The van der Waals surface area contributed by atoms with E-state index >= 15 is 0 Å². The van der Waals surface area contributed by atoms with E-state index in [1.807, 2.05) is 103 Å². The molecule has 1 aliphatic rings. The van der Waals surface area contributed by atoms with Crippen LogP contribution in [0.1, 0.15) is 63.9 Å². The summed E-state index contributed by atoms with van der Waals surface area (Å²) in [7, 11) is 0. The van der Waals surface area contributed by atoms with Crippen LogP contribution in [0.25, 0.3) is 11.6 Å². The van der Waals surface area contributed by atoms with Gasteiger partial charge in [-0.15, -0.1) is 0 Å². The van der Waals surface area contributed by atoms with E-state index in [9.17, 15) is 22.8 Å². The molecule has 7 nitrogen and oxygen atoms in total. The smallest absolute Gasteiger partial charge is 0.416 e. The molecule has 2 amide bonds. The zero-order chi connectivity index (χ0) is 32.4. The molecule has 230 valence electrons. The summed E-state index contributed by atoms with van der Waals surface area (Å²) in [5.74, 6) is 1.51. The summed E-state index contributed by atoms with van der Waals surface area (Å²) in [6, 6.07) is 19.6. The zero-order valence-electron chi connectivity index (χ0n) is 25.5. The first-order valence-electron chi connectivity index (χ1n) is 14.0. The molecule has 0 saturated heterocycles. The van der Waals surface area contributed by atoms with E-state index < -0.39 is 11.7 Å². The highest BCUT2D eigenvalue weighted by molar-refractivity contribution is 6.34. The van der Waals surface area contributed by atoms with E-state index in [0.29, 0.717) is 29.4 Å². The van der Waals surface area contributed by atoms with E-state index in [1.165, 1.54) is 12.1 Å². The molecule has 1 aliphatic heterocycles. The predicted molar refractivity (Wildman–Crippen MR) is 168 cm³/mol. The van der Waals surface area contributed by atoms with Gasteiger partial charge in [-0.05, 0) is 67.1 Å². The quantitative estimate of drug-likeness (QED) is 0.158. The van der Waals surface area contributed by atoms with Crippen LogP contribution in [0.3, 0.4) is 0 Å². The number of hydrogen-bond donors (Lipinski definition) is 3. The number of hydrogen-bond acceptors (Lipinski definition) is 4. The Morgan fingerprint density at radius 2 is 1.58 bits per heavy atom. The third-order valence-corrected chi connectivity index (χ3v) is 5.19. The van der Waals surface area contributed by atoms with Crippen molar-refractivity contribution in [2.24, 2.45) is 0 Å². The number of fused-ring (bicyclic) bond motifs is 1. The summed E-state index contributed by atoms with van der Waals surface area (Å²) in [6.07, 6.45) is -0.419. The van der Waals surface area contributed by atoms with Gasteiger partial charge in [0.05, 0.1) is 11.1 Å². The monoisotopic (exact) mass is 596 g/mol. The average Bonchev–Trinajstić information content (AvgIpc) is 3.64. The Labute approximate surface area is 251 Å². The van der Waals surface area contributed by atoms with Crippen molar-refractivity contribution in [3.8, 4) is 11.6 Å². The number of benzene rings is 2. The molecule has 0 saturated carbocycles. The minimum Gasteiger partial charge on any atom is -0.439 e. The number of nitrogens with zero attached hydrogens (tertiary/aromatic N) is 1. The number of alkyl halides is 3. The van der Waals surface area contributed by atoms with E-state index in [1.54, 1.807) is 6.07 Å². The van der Waals surface area contributed by atoms with Crippen molar-refractivity contribution in [1.29, 1.82) is 0 Å². The molecule has 3 N–H and O–H groups in total. The highest BCUT2D eigenvalue weighted by Crippen LogP contribution is 2.34. The zero-order valence-corrected chi connectivity index (χ0v) is 25.5. The van der Waals surface area contributed by atoms with Crippen LogP contribution >= 0.6 is 0 Å². The van der Waals surface area contributed by atoms with Crippen molar-refractivity contribution in [3.05, 3.63) is 101 Å². The third kappa shape index (κ3) is 11.1. The molecule has 4 aromatic rings. The minimum atomic E-state index is -4.37. The number of aromatic amines is 1. The van der Waals surface area contributed by atoms with Crippen molar-refractivity contribution in [1.82, 2.24) is 9.97 Å². The summed E-state index contributed by atoms with van der Waals surface area (Å²) in [6.45, 7) is 14.0. The van der Waals surface area contributed by atoms with Crippen LogP contribution in [0.2, 0.25) is 0 Å². The lowest BCUT2D eigenvalue weighted by atomic mass is 10.1. The Kier molecular flexibility index (Phi) is 15.6. The number of ether oxygens (including phenoxy) is 1. The SMILES string of the molecule is CC.CC.CC.Cc1cccc(Oc2ccc3c(n2)NC(=O)/C3=C\c2ccc[nH]2)c1.O=CNc1cccc(C(F)(F)F)c1. The van der Waals surface area contributed by atoms with Gasteiger partial charge < -0.3 is 20.4 Å². The largest absolute Gasteiger partial charge is 0.439 e. The Balaban J connectivity index is 0.000000414. The van der Waals surface area contributed by atoms with Crippen LogP contribution in [-0.4, -0.2) is 22.3 Å². The number of halogens is 3. The second kappa shape index (κ2) is 18.5. The van der Waals surface area contributed by atoms with Crippen molar-refractivity contribution in [3.63, 3.8) is 0 Å². The molecule has 2 aromatic carbocycles. The maximum atomic E-state index is 12.2. The predicted octanol–water partition coefficient (Wildman–Crippen LogP) is 9.36. The molecule has 10 heteroatoms. The Morgan fingerprint density at radius 3 is 2.19 bits per heavy atom. The fourth-order valence-corrected chi connectivity index (χ4v) is 3.49. The first kappa shape index (κ1) is 36.2. The Bertz CT molecular complexity index is 1450. The van der Waals surface area contributed by atoms with Gasteiger partial charge in [-0.25, -0.2) is 0 Å². The number of nitrogens with one attached hydrogen (secondary N) is 3. The summed E-state index contributed by atoms with van der Waals surface area (Å²) < 4.78 is 42.0. The number of aromatic nitrogens is 2. The molecular weight excluding hydrogens is 557 g/mol. The van der Waals surface area contributed by atoms with Crippen LogP contribution in [0, 0.1) is 6.92 Å². The Hall–Kier alpha value is -4.86. The van der Waals surface area contributed by atoms with E-state index in [4.69, 9.17) is 4.74 Å². The molecule has 0 unspecified atom stereocenters. The van der Waals surface area contributed by atoms with E-state index in [-0.39, 0.29) is 11.6 Å². The molecule has 0 bridgehead atoms. The lowest BCUT2D eigenvalue weighted by Gasteiger charge is -2.07. The highest BCUT2D eigenvalue weighted by Gasteiger charge is 2.30. The highest BCUT2D eigenvalue weighted by atomic mass is 19.4. The molecule has 43 heavy (non-hydrogen) atoms. The van der Waals surface area contributed by atoms with Crippen LogP contribution in [0.15, 0.2) is 79.0 Å². The molecule has 2 aromatic heterocycles. The van der Waals surface area contributed by atoms with Gasteiger partial charge in [0.25, 0.3) is 5.91 Å². The number of aryl methyl sites for hydroxylation is 1. The van der Waals surface area contributed by atoms with E-state index in [0.717, 1.165) is 29.0 Å². The fraction of sp³-hybridized carbons (Fsp3) is 0.242. The second-order valence-electron chi connectivity index (χ2n) is 7.94. The molecular formula is C33H39F3N4O3. The van der Waals surface area contributed by atoms with Gasteiger partial charge in [-0.3, -0.25) is 9.59 Å². The van der Waals surface area contributed by atoms with Gasteiger partial charge >= 0.3 is 6.18 Å². The summed E-state index contributed by atoms with van der Waals surface area (Å²) in [5, 5.41) is 4.92. The number of pyridine rings is 1. The molecule has 0 aliphatic carbocycles. The summed E-state index contributed by atoms with van der Waals surface area (Å²) in [5.41, 5.74) is 2.68. The van der Waals surface area contributed by atoms with Crippen LogP contribution in [0.4, 0.5) is 24.7 Å². The number of carbonyl (C=O) groups excluding carboxylic acids is 2. The first-order chi connectivity index (χ1) is 20.7. The fourth-order valence-electron chi connectivity index (χ4n) is 3.49. The summed E-state index contributed by atoms with van der Waals surface area (Å²) in [4.78, 5) is 29.6. The third-order valence-electron chi connectivity index (χ3n) is 5.19. The molecule has 0 radical (unpaired) electrons. The number of anilines is 2. The molecule has 5 rings (SSSR count). The van der Waals surface area contributed by atoms with Crippen molar-refractivity contribution < 1.29 is 27.5 Å². The maximum absolute atomic E-state index is 12.2. The number of rotatable bonds is 5. The molecule has 0 fully saturated rings. The van der Waals surface area contributed by atoms with E-state index in [2.05, 4.69) is 20.6 Å². The van der Waals surface area contributed by atoms with Gasteiger partial charge in [0.15, 0.2) is 0 Å². The van der Waals surface area contributed by atoms with Crippen LogP contribution < -0.4 is 15.4 Å². The van der Waals surface area contributed by atoms with Crippen LogP contribution in [-0.2, 0) is 15.8 Å². The first-order valence-corrected chi connectivity index (χ1v) is 14.0. The topological polar surface area (TPSA) is 96.1 Å². The standard InChI is InChI=1S/C19H15N3O2.C8H6F3NO.3C2H6/c1-12-4-2-6-14(10-12)24-17-8-7-15-16(11-13-5-3-9-20-13)19(23)22-18(15)21-17;9-8(10,11)6-2-1-3-7(4-6)12-5-13;3*1-2/h2-11,20H,1H3,(H,21,22,23);1-5H,(H,12,13);3*1-2H3/b16-11-;;;;. The Morgan fingerprint density at radius 1 is 0.884 bits per heavy atom. The number of amides is 2. The van der Waals surface area contributed by atoms with Crippen molar-refractivity contribution >= 4 is 35.5 Å². The minimum absolute atomic E-state index is 0.129. The lowest BCUT2D eigenvalue weighted by molar-refractivity contribution is -0.137. The van der Waals surface area contributed by atoms with Gasteiger partial charge in [0.2, 0.25) is 12.3 Å². The summed E-state index contributed by atoms with van der Waals surface area (Å²) >= 11 is 0. The lowest BCUT2D eigenvalue weighted by Crippen LogP contribution is -2.05. The average molecular weight is 597 g/mol. The number of H-pyrrole nitrogens is 1. The molecule has 0 atom stereocenters. The van der Waals surface area contributed by atoms with Crippen molar-refractivity contribution in [2.45, 2.75) is 54.6 Å². The second-order valence-corrected chi connectivity index (χ2v) is 7.94. The van der Waals surface area contributed by atoms with Gasteiger partial charge in [0.1, 0.15) is 11.6 Å². The number of carbonyl (C=O) groups is 2. The van der Waals surface area contributed by atoms with Gasteiger partial charge in [-0.1, -0.05) is 59.7 Å². The molecule has 0 spiro atoms. The maximum Gasteiger partial charge on any atom is 0.416 e. The van der Waals surface area contributed by atoms with Crippen molar-refractivity contribution in [2.75, 3.05) is 10.6 Å². The van der Waals surface area contributed by atoms with Gasteiger partial charge in [0, 0.05) is 29.2 Å². The normalized spacial score (nSPS) is 11.9. The molecule has 3 heterocycles. The van der Waals surface area contributed by atoms with Crippen LogP contribution in [0.5, 0.6) is 11.6 Å².